The average Bonchev–Trinajstić information content (AvgIpc) is 3.72. The molecule has 2 nitrogen and oxygen atoms in total. The van der Waals surface area contributed by atoms with Crippen LogP contribution in [0.1, 0.15) is 0 Å². The minimum absolute atomic E-state index is 0.908. The number of hydrogen-bond donors (Lipinski definition) is 0. The summed E-state index contributed by atoms with van der Waals surface area (Å²) in [7, 11) is 0. The smallest absolute Gasteiger partial charge is 0.136 e. The van der Waals surface area contributed by atoms with Crippen molar-refractivity contribution < 1.29 is 8.83 Å². The van der Waals surface area contributed by atoms with Crippen molar-refractivity contribution >= 4 is 76.2 Å². The molecule has 2 aromatic heterocycles. The molecule has 2 heteroatoms. The van der Waals surface area contributed by atoms with E-state index in [1.165, 1.54) is 76.5 Å². The van der Waals surface area contributed by atoms with Gasteiger partial charge in [-0.3, -0.25) is 0 Å². The van der Waals surface area contributed by atoms with Gasteiger partial charge < -0.3 is 8.83 Å². The standard InChI is InChI=1S/C46H26O2/c1-2-13-31(29(11-1)28-21-24-40-38(26-28)30-12-7-8-18-39(30)47-40)44-32-14-3-5-16-34(32)45(35-17-6-4-15-33(35)44)36-23-25-42-46-37(36)22-20-27-10-9-19-41(48-42)43(27)46/h1-26H. The summed E-state index contributed by atoms with van der Waals surface area (Å²) in [4.78, 5) is 0. The molecule has 0 N–H and O–H groups in total. The fraction of sp³-hybridized carbons (Fsp3) is 0. The van der Waals surface area contributed by atoms with Gasteiger partial charge in [-0.2, -0.15) is 0 Å². The first-order chi connectivity index (χ1) is 23.8. The minimum atomic E-state index is 0.908. The Morgan fingerprint density at radius 2 is 0.854 bits per heavy atom. The molecule has 0 aliphatic heterocycles. The van der Waals surface area contributed by atoms with Crippen LogP contribution in [0.4, 0.5) is 0 Å². The van der Waals surface area contributed by atoms with Crippen molar-refractivity contribution in [2.45, 2.75) is 0 Å². The Morgan fingerprint density at radius 1 is 0.292 bits per heavy atom. The summed E-state index contributed by atoms with van der Waals surface area (Å²) in [5.41, 5.74) is 11.0. The number of furan rings is 2. The molecule has 0 aliphatic rings. The Hall–Kier alpha value is -6.38. The first kappa shape index (κ1) is 25.8. The predicted molar refractivity (Wildman–Crippen MR) is 201 cm³/mol. The van der Waals surface area contributed by atoms with Crippen molar-refractivity contribution in [3.63, 3.8) is 0 Å². The quantitative estimate of drug-likeness (QED) is 0.147. The van der Waals surface area contributed by atoms with Gasteiger partial charge >= 0.3 is 0 Å². The second-order valence-electron chi connectivity index (χ2n) is 12.8. The lowest BCUT2D eigenvalue weighted by molar-refractivity contribution is 0.668. The summed E-state index contributed by atoms with van der Waals surface area (Å²) in [5.74, 6) is 0. The maximum absolute atomic E-state index is 6.35. The predicted octanol–water partition coefficient (Wildman–Crippen LogP) is 13.4. The number of para-hydroxylation sites is 1. The Morgan fingerprint density at radius 3 is 1.62 bits per heavy atom. The van der Waals surface area contributed by atoms with Crippen LogP contribution in [0.5, 0.6) is 0 Å². The molecular weight excluding hydrogens is 585 g/mol. The Balaban J connectivity index is 1.22. The highest BCUT2D eigenvalue weighted by molar-refractivity contribution is 6.29. The van der Waals surface area contributed by atoms with Crippen LogP contribution < -0.4 is 0 Å². The third kappa shape index (κ3) is 3.46. The highest BCUT2D eigenvalue weighted by atomic mass is 16.3. The van der Waals surface area contributed by atoms with E-state index in [1.54, 1.807) is 0 Å². The summed E-state index contributed by atoms with van der Waals surface area (Å²) in [5, 5.41) is 12.0. The van der Waals surface area contributed by atoms with Crippen molar-refractivity contribution in [3.8, 4) is 33.4 Å². The zero-order valence-corrected chi connectivity index (χ0v) is 25.8. The van der Waals surface area contributed by atoms with Gasteiger partial charge in [0.15, 0.2) is 0 Å². The second kappa shape index (κ2) is 9.57. The lowest BCUT2D eigenvalue weighted by Gasteiger charge is -2.20. The van der Waals surface area contributed by atoms with E-state index in [-0.39, 0.29) is 0 Å². The molecule has 0 fully saturated rings. The molecule has 0 aliphatic carbocycles. The van der Waals surface area contributed by atoms with Crippen molar-refractivity contribution in [2.75, 3.05) is 0 Å². The molecule has 0 spiro atoms. The molecule has 9 aromatic carbocycles. The van der Waals surface area contributed by atoms with Gasteiger partial charge in [-0.05, 0) is 102 Å². The van der Waals surface area contributed by atoms with Gasteiger partial charge in [0, 0.05) is 21.5 Å². The summed E-state index contributed by atoms with van der Waals surface area (Å²) < 4.78 is 12.5. The topological polar surface area (TPSA) is 26.3 Å². The monoisotopic (exact) mass is 610 g/mol. The highest BCUT2D eigenvalue weighted by Gasteiger charge is 2.22. The summed E-state index contributed by atoms with van der Waals surface area (Å²) >= 11 is 0. The lowest BCUT2D eigenvalue weighted by atomic mass is 9.82. The molecule has 0 amide bonds. The van der Waals surface area contributed by atoms with Crippen LogP contribution in [0.15, 0.2) is 167 Å². The zero-order chi connectivity index (χ0) is 31.3. The molecule has 0 atom stereocenters. The third-order valence-electron chi connectivity index (χ3n) is 10.3. The molecular formula is C46H26O2. The first-order valence-corrected chi connectivity index (χ1v) is 16.4. The van der Waals surface area contributed by atoms with Gasteiger partial charge in [-0.1, -0.05) is 121 Å². The van der Waals surface area contributed by atoms with Crippen LogP contribution in [0.3, 0.4) is 0 Å². The van der Waals surface area contributed by atoms with E-state index in [9.17, 15) is 0 Å². The van der Waals surface area contributed by atoms with Gasteiger partial charge in [0.05, 0.1) is 0 Å². The number of fused-ring (bicyclic) bond motifs is 5. The van der Waals surface area contributed by atoms with Crippen LogP contribution in [-0.4, -0.2) is 0 Å². The number of benzene rings is 9. The minimum Gasteiger partial charge on any atom is -0.456 e. The van der Waals surface area contributed by atoms with Gasteiger partial charge in [-0.25, -0.2) is 0 Å². The molecule has 11 aromatic rings. The average molecular weight is 611 g/mol. The van der Waals surface area contributed by atoms with Crippen molar-refractivity contribution in [3.05, 3.63) is 158 Å². The van der Waals surface area contributed by atoms with E-state index in [0.717, 1.165) is 33.1 Å². The second-order valence-corrected chi connectivity index (χ2v) is 12.8. The number of rotatable bonds is 3. The van der Waals surface area contributed by atoms with Crippen LogP contribution in [0.25, 0.3) is 110 Å². The summed E-state index contributed by atoms with van der Waals surface area (Å²) in [6.45, 7) is 0. The molecule has 11 rings (SSSR count). The Kier molecular flexibility index (Phi) is 5.14. The molecule has 0 bridgehead atoms. The number of hydrogen-bond acceptors (Lipinski definition) is 2. The fourth-order valence-electron chi connectivity index (χ4n) is 8.22. The van der Waals surface area contributed by atoms with Crippen molar-refractivity contribution in [1.29, 1.82) is 0 Å². The summed E-state index contributed by atoms with van der Waals surface area (Å²) in [6.07, 6.45) is 0. The van der Waals surface area contributed by atoms with E-state index >= 15 is 0 Å². The van der Waals surface area contributed by atoms with Crippen LogP contribution in [-0.2, 0) is 0 Å². The first-order valence-electron chi connectivity index (χ1n) is 16.4. The van der Waals surface area contributed by atoms with E-state index in [4.69, 9.17) is 8.83 Å². The maximum Gasteiger partial charge on any atom is 0.136 e. The van der Waals surface area contributed by atoms with E-state index in [0.29, 0.717) is 0 Å². The van der Waals surface area contributed by atoms with Crippen LogP contribution in [0.2, 0.25) is 0 Å². The van der Waals surface area contributed by atoms with Gasteiger partial charge in [0.1, 0.15) is 22.3 Å². The Labute approximate surface area is 275 Å². The fourth-order valence-corrected chi connectivity index (χ4v) is 8.22. The van der Waals surface area contributed by atoms with Crippen LogP contribution >= 0.6 is 0 Å². The molecule has 48 heavy (non-hydrogen) atoms. The third-order valence-corrected chi connectivity index (χ3v) is 10.3. The zero-order valence-electron chi connectivity index (χ0n) is 25.8. The molecule has 0 saturated carbocycles. The van der Waals surface area contributed by atoms with E-state index in [2.05, 4.69) is 146 Å². The molecule has 0 radical (unpaired) electrons. The molecule has 2 heterocycles. The summed E-state index contributed by atoms with van der Waals surface area (Å²) in [6, 6.07) is 56.8. The van der Waals surface area contributed by atoms with Gasteiger partial charge in [-0.15, -0.1) is 0 Å². The van der Waals surface area contributed by atoms with Gasteiger partial charge in [0.25, 0.3) is 0 Å². The molecule has 0 unspecified atom stereocenters. The largest absolute Gasteiger partial charge is 0.456 e. The SMILES string of the molecule is c1ccc(-c2c3ccccc3c(-c3ccc4oc5cccc6ccc3c4c65)c3ccccc23)c(-c2ccc3oc4ccccc4c3c2)c1. The van der Waals surface area contributed by atoms with E-state index in [1.807, 2.05) is 12.1 Å². The van der Waals surface area contributed by atoms with Crippen molar-refractivity contribution in [1.82, 2.24) is 0 Å². The van der Waals surface area contributed by atoms with Crippen molar-refractivity contribution in [2.24, 2.45) is 0 Å². The lowest BCUT2D eigenvalue weighted by Crippen LogP contribution is -1.93. The van der Waals surface area contributed by atoms with E-state index < -0.39 is 0 Å². The molecule has 222 valence electrons. The Bertz CT molecular complexity index is 3010. The van der Waals surface area contributed by atoms with Crippen LogP contribution in [0, 0.1) is 0 Å². The highest BCUT2D eigenvalue weighted by Crippen LogP contribution is 2.49. The molecule has 0 saturated heterocycles. The maximum atomic E-state index is 6.35. The normalized spacial score (nSPS) is 12.2. The van der Waals surface area contributed by atoms with Gasteiger partial charge in [0.2, 0.25) is 0 Å².